The number of aliphatic hydroxyl groups excluding tert-OH is 1. The van der Waals surface area contributed by atoms with Crippen molar-refractivity contribution in [3.63, 3.8) is 0 Å². The first kappa shape index (κ1) is 14.4. The third-order valence-corrected chi connectivity index (χ3v) is 4.63. The molecule has 0 aliphatic rings. The minimum atomic E-state index is -0.479. The monoisotopic (exact) mass is 292 g/mol. The molecule has 1 atom stereocenters. The molecule has 0 bridgehead atoms. The lowest BCUT2D eigenvalue weighted by atomic mass is 10.1. The molecule has 0 spiro atoms. The Kier molecular flexibility index (Phi) is 4.92. The van der Waals surface area contributed by atoms with Crippen molar-refractivity contribution < 1.29 is 5.11 Å². The van der Waals surface area contributed by atoms with E-state index in [2.05, 4.69) is 25.1 Å². The number of aryl methyl sites for hydroxylation is 1. The summed E-state index contributed by atoms with van der Waals surface area (Å²) in [4.78, 5) is 1.05. The number of aliphatic hydroxyl groups is 1. The summed E-state index contributed by atoms with van der Waals surface area (Å²) in [6, 6.07) is 14.1. The zero-order chi connectivity index (χ0) is 13.8. The molecule has 3 heteroatoms. The van der Waals surface area contributed by atoms with Gasteiger partial charge in [-0.05, 0) is 42.7 Å². The number of thioether (sulfide) groups is 1. The summed E-state index contributed by atoms with van der Waals surface area (Å²) in [6.45, 7) is 3.86. The molecule has 100 valence electrons. The Bertz CT molecular complexity index is 566. The van der Waals surface area contributed by atoms with E-state index < -0.39 is 6.10 Å². The van der Waals surface area contributed by atoms with E-state index in [9.17, 15) is 5.11 Å². The highest BCUT2D eigenvalue weighted by molar-refractivity contribution is 7.98. The Balaban J connectivity index is 2.10. The SMILES string of the molecule is Cc1ccccc1CSc1ccc([C@@H](C)O)cc1Cl. The molecule has 0 aromatic heterocycles. The fraction of sp³-hybridized carbons (Fsp3) is 0.250. The van der Waals surface area contributed by atoms with Crippen LogP contribution in [0.3, 0.4) is 0 Å². The van der Waals surface area contributed by atoms with Crippen LogP contribution in [0.1, 0.15) is 29.7 Å². The third kappa shape index (κ3) is 3.75. The summed E-state index contributed by atoms with van der Waals surface area (Å²) in [6.07, 6.45) is -0.479. The van der Waals surface area contributed by atoms with Gasteiger partial charge in [0.05, 0.1) is 11.1 Å². The van der Waals surface area contributed by atoms with Gasteiger partial charge in [0, 0.05) is 10.6 Å². The molecule has 19 heavy (non-hydrogen) atoms. The smallest absolute Gasteiger partial charge is 0.0762 e. The molecule has 0 saturated carbocycles. The summed E-state index contributed by atoms with van der Waals surface area (Å²) >= 11 is 7.97. The summed E-state index contributed by atoms with van der Waals surface area (Å²) in [5.74, 6) is 0.903. The van der Waals surface area contributed by atoms with E-state index >= 15 is 0 Å². The summed E-state index contributed by atoms with van der Waals surface area (Å²) in [7, 11) is 0. The standard InChI is InChI=1S/C16H17ClOS/c1-11-5-3-4-6-14(11)10-19-16-8-7-13(12(2)18)9-15(16)17/h3-9,12,18H,10H2,1-2H3/t12-/m1/s1. The maximum Gasteiger partial charge on any atom is 0.0762 e. The largest absolute Gasteiger partial charge is 0.389 e. The van der Waals surface area contributed by atoms with Gasteiger partial charge >= 0.3 is 0 Å². The van der Waals surface area contributed by atoms with Crippen LogP contribution < -0.4 is 0 Å². The molecule has 0 aliphatic carbocycles. The van der Waals surface area contributed by atoms with E-state index in [1.165, 1.54) is 11.1 Å². The summed E-state index contributed by atoms with van der Waals surface area (Å²) in [5.41, 5.74) is 3.47. The van der Waals surface area contributed by atoms with Gasteiger partial charge in [0.2, 0.25) is 0 Å². The van der Waals surface area contributed by atoms with E-state index in [0.717, 1.165) is 16.2 Å². The molecule has 2 aromatic carbocycles. The second-order valence-corrected chi connectivity index (χ2v) is 6.01. The van der Waals surface area contributed by atoms with E-state index in [4.69, 9.17) is 11.6 Å². The molecule has 0 unspecified atom stereocenters. The quantitative estimate of drug-likeness (QED) is 0.801. The Morgan fingerprint density at radius 3 is 2.58 bits per heavy atom. The van der Waals surface area contributed by atoms with Crippen LogP contribution in [0.25, 0.3) is 0 Å². The zero-order valence-corrected chi connectivity index (χ0v) is 12.6. The first-order valence-electron chi connectivity index (χ1n) is 6.22. The summed E-state index contributed by atoms with van der Waals surface area (Å²) < 4.78 is 0. The molecule has 0 radical (unpaired) electrons. The van der Waals surface area contributed by atoms with Crippen molar-refractivity contribution in [1.29, 1.82) is 0 Å². The molecule has 0 saturated heterocycles. The molecule has 0 amide bonds. The van der Waals surface area contributed by atoms with Crippen molar-refractivity contribution in [3.05, 3.63) is 64.2 Å². The zero-order valence-electron chi connectivity index (χ0n) is 11.1. The summed E-state index contributed by atoms with van der Waals surface area (Å²) in [5, 5.41) is 10.2. The van der Waals surface area contributed by atoms with Crippen molar-refractivity contribution in [1.82, 2.24) is 0 Å². The van der Waals surface area contributed by atoms with Gasteiger partial charge in [-0.25, -0.2) is 0 Å². The number of halogens is 1. The second-order valence-electron chi connectivity index (χ2n) is 4.58. The van der Waals surface area contributed by atoms with Gasteiger partial charge in [-0.2, -0.15) is 0 Å². The van der Waals surface area contributed by atoms with Crippen molar-refractivity contribution in [2.45, 2.75) is 30.6 Å². The van der Waals surface area contributed by atoms with Crippen LogP contribution in [0.15, 0.2) is 47.4 Å². The van der Waals surface area contributed by atoms with Gasteiger partial charge in [-0.3, -0.25) is 0 Å². The highest BCUT2D eigenvalue weighted by Gasteiger charge is 2.07. The number of hydrogen-bond donors (Lipinski definition) is 1. The van der Waals surface area contributed by atoms with Crippen molar-refractivity contribution in [2.24, 2.45) is 0 Å². The van der Waals surface area contributed by atoms with E-state index in [0.29, 0.717) is 5.02 Å². The molecule has 1 N–H and O–H groups in total. The van der Waals surface area contributed by atoms with Crippen LogP contribution in [0.2, 0.25) is 5.02 Å². The highest BCUT2D eigenvalue weighted by atomic mass is 35.5. The minimum absolute atomic E-state index is 0.479. The lowest BCUT2D eigenvalue weighted by Crippen LogP contribution is -1.91. The first-order chi connectivity index (χ1) is 9.08. The Labute approximate surface area is 123 Å². The van der Waals surface area contributed by atoms with Gasteiger partial charge < -0.3 is 5.11 Å². The van der Waals surface area contributed by atoms with E-state index in [1.807, 2.05) is 24.3 Å². The maximum atomic E-state index is 9.52. The first-order valence-corrected chi connectivity index (χ1v) is 7.59. The van der Waals surface area contributed by atoms with Crippen LogP contribution in [-0.2, 0) is 5.75 Å². The van der Waals surface area contributed by atoms with Gasteiger partial charge in [-0.15, -0.1) is 11.8 Å². The minimum Gasteiger partial charge on any atom is -0.389 e. The molecule has 0 fully saturated rings. The number of hydrogen-bond acceptors (Lipinski definition) is 2. The fourth-order valence-electron chi connectivity index (χ4n) is 1.82. The molecule has 2 aromatic rings. The van der Waals surface area contributed by atoms with Crippen LogP contribution in [0.4, 0.5) is 0 Å². The van der Waals surface area contributed by atoms with Crippen LogP contribution in [-0.4, -0.2) is 5.11 Å². The van der Waals surface area contributed by atoms with Crippen molar-refractivity contribution in [3.8, 4) is 0 Å². The van der Waals surface area contributed by atoms with Gasteiger partial charge in [0.1, 0.15) is 0 Å². The molecule has 0 aliphatic heterocycles. The molecular formula is C16H17ClOS. The number of benzene rings is 2. The maximum absolute atomic E-state index is 9.52. The Morgan fingerprint density at radius 2 is 1.95 bits per heavy atom. The predicted octanol–water partition coefficient (Wildman–Crippen LogP) is 4.99. The average molecular weight is 293 g/mol. The van der Waals surface area contributed by atoms with Crippen LogP contribution >= 0.6 is 23.4 Å². The molecular weight excluding hydrogens is 276 g/mol. The van der Waals surface area contributed by atoms with Crippen molar-refractivity contribution in [2.75, 3.05) is 0 Å². The molecule has 0 heterocycles. The topological polar surface area (TPSA) is 20.2 Å². The molecule has 2 rings (SSSR count). The van der Waals surface area contributed by atoms with E-state index in [-0.39, 0.29) is 0 Å². The second kappa shape index (κ2) is 6.47. The van der Waals surface area contributed by atoms with Gasteiger partial charge in [0.25, 0.3) is 0 Å². The predicted molar refractivity (Wildman–Crippen MR) is 82.8 cm³/mol. The fourth-order valence-corrected chi connectivity index (χ4v) is 3.17. The van der Waals surface area contributed by atoms with Gasteiger partial charge in [-0.1, -0.05) is 41.9 Å². The van der Waals surface area contributed by atoms with Gasteiger partial charge in [0.15, 0.2) is 0 Å². The lowest BCUT2D eigenvalue weighted by molar-refractivity contribution is 0.199. The Morgan fingerprint density at radius 1 is 1.21 bits per heavy atom. The number of rotatable bonds is 4. The van der Waals surface area contributed by atoms with Crippen molar-refractivity contribution >= 4 is 23.4 Å². The third-order valence-electron chi connectivity index (χ3n) is 3.08. The average Bonchev–Trinajstić information content (AvgIpc) is 2.39. The van der Waals surface area contributed by atoms with Crippen LogP contribution in [0, 0.1) is 6.92 Å². The highest BCUT2D eigenvalue weighted by Crippen LogP contribution is 2.32. The normalized spacial score (nSPS) is 12.4. The Hall–Kier alpha value is -0.960. The van der Waals surface area contributed by atoms with Crippen LogP contribution in [0.5, 0.6) is 0 Å². The van der Waals surface area contributed by atoms with E-state index in [1.54, 1.807) is 18.7 Å². The molecule has 1 nitrogen and oxygen atoms in total. The lowest BCUT2D eigenvalue weighted by Gasteiger charge is -2.10.